The average molecular weight is 250 g/mol. The molecule has 1 aromatic rings. The van der Waals surface area contributed by atoms with E-state index in [1.165, 1.54) is 6.07 Å². The van der Waals surface area contributed by atoms with Crippen LogP contribution in [-0.4, -0.2) is 19.6 Å². The molecule has 1 N–H and O–H groups in total. The number of para-hydroxylation sites is 1. The van der Waals surface area contributed by atoms with Crippen LogP contribution in [0, 0.1) is 5.82 Å². The summed E-state index contributed by atoms with van der Waals surface area (Å²) >= 11 is 0. The van der Waals surface area contributed by atoms with Crippen LogP contribution >= 0.6 is 0 Å². The molecule has 1 rings (SSSR count). The summed E-state index contributed by atoms with van der Waals surface area (Å²) in [6, 6.07) is 5.58. The van der Waals surface area contributed by atoms with Crippen LogP contribution in [0.1, 0.15) is 32.4 Å². The number of anilines is 1. The van der Waals surface area contributed by atoms with E-state index in [2.05, 4.69) is 25.7 Å². The maximum absolute atomic E-state index is 14.2. The van der Waals surface area contributed by atoms with Crippen LogP contribution in [0.25, 0.3) is 0 Å². The number of rotatable bonds is 6. The minimum absolute atomic E-state index is 0.113. The minimum atomic E-state index is -0.176. The Balaban J connectivity index is 3.30. The van der Waals surface area contributed by atoms with Crippen LogP contribution < -0.4 is 10.2 Å². The zero-order valence-corrected chi connectivity index (χ0v) is 11.7. The fraction of sp³-hybridized carbons (Fsp3) is 0.467. The quantitative estimate of drug-likeness (QED) is 0.777. The monoisotopic (exact) mass is 250 g/mol. The van der Waals surface area contributed by atoms with Gasteiger partial charge in [0, 0.05) is 18.6 Å². The largest absolute Gasteiger partial charge is 0.363 e. The summed E-state index contributed by atoms with van der Waals surface area (Å²) < 4.78 is 14.2. The lowest BCUT2D eigenvalue weighted by Gasteiger charge is -2.31. The summed E-state index contributed by atoms with van der Waals surface area (Å²) in [7, 11) is 1.88. The van der Waals surface area contributed by atoms with Gasteiger partial charge in [-0.05, 0) is 39.4 Å². The maximum Gasteiger partial charge on any atom is 0.146 e. The minimum Gasteiger partial charge on any atom is -0.363 e. The third kappa shape index (κ3) is 3.10. The summed E-state index contributed by atoms with van der Waals surface area (Å²) in [6.07, 6.45) is 1.81. The second-order valence-electron chi connectivity index (χ2n) is 4.72. The molecule has 1 atom stereocenters. The van der Waals surface area contributed by atoms with Gasteiger partial charge in [-0.2, -0.15) is 0 Å². The van der Waals surface area contributed by atoms with Gasteiger partial charge < -0.3 is 10.2 Å². The third-order valence-corrected chi connectivity index (χ3v) is 3.15. The van der Waals surface area contributed by atoms with E-state index in [1.54, 1.807) is 12.1 Å². The molecule has 0 aliphatic carbocycles. The summed E-state index contributed by atoms with van der Waals surface area (Å²) in [5.74, 6) is -0.176. The van der Waals surface area contributed by atoms with Gasteiger partial charge in [-0.15, -0.1) is 6.58 Å². The van der Waals surface area contributed by atoms with Crippen molar-refractivity contribution in [2.45, 2.75) is 32.9 Å². The molecule has 0 saturated carbocycles. The molecule has 0 bridgehead atoms. The number of halogens is 1. The molecule has 0 aromatic heterocycles. The molecule has 0 aliphatic rings. The SMILES string of the molecule is C=CCN(c1c(F)cccc1C(C)NC)C(C)C. The molecule has 2 nitrogen and oxygen atoms in total. The van der Waals surface area contributed by atoms with E-state index in [9.17, 15) is 4.39 Å². The van der Waals surface area contributed by atoms with Crippen molar-refractivity contribution in [1.29, 1.82) is 0 Å². The van der Waals surface area contributed by atoms with Gasteiger partial charge in [0.1, 0.15) is 5.82 Å². The molecule has 0 spiro atoms. The Morgan fingerprint density at radius 1 is 1.39 bits per heavy atom. The number of hydrogen-bond donors (Lipinski definition) is 1. The highest BCUT2D eigenvalue weighted by atomic mass is 19.1. The highest BCUT2D eigenvalue weighted by Crippen LogP contribution is 2.30. The summed E-state index contributed by atoms with van der Waals surface area (Å²) in [6.45, 7) is 10.5. The zero-order chi connectivity index (χ0) is 13.7. The van der Waals surface area contributed by atoms with E-state index >= 15 is 0 Å². The van der Waals surface area contributed by atoms with E-state index in [-0.39, 0.29) is 17.9 Å². The van der Waals surface area contributed by atoms with Crippen LogP contribution in [0.2, 0.25) is 0 Å². The van der Waals surface area contributed by atoms with Crippen molar-refractivity contribution in [3.05, 3.63) is 42.2 Å². The molecule has 0 aliphatic heterocycles. The highest BCUT2D eigenvalue weighted by molar-refractivity contribution is 5.57. The van der Waals surface area contributed by atoms with Gasteiger partial charge in [0.2, 0.25) is 0 Å². The molecule has 0 amide bonds. The van der Waals surface area contributed by atoms with E-state index < -0.39 is 0 Å². The van der Waals surface area contributed by atoms with Gasteiger partial charge in [-0.1, -0.05) is 18.2 Å². The van der Waals surface area contributed by atoms with E-state index in [0.717, 1.165) is 5.56 Å². The molecule has 0 saturated heterocycles. The third-order valence-electron chi connectivity index (χ3n) is 3.15. The molecule has 3 heteroatoms. The Morgan fingerprint density at radius 3 is 2.56 bits per heavy atom. The Kier molecular flexibility index (Phi) is 5.35. The second-order valence-corrected chi connectivity index (χ2v) is 4.72. The Labute approximate surface area is 110 Å². The first-order valence-corrected chi connectivity index (χ1v) is 6.36. The van der Waals surface area contributed by atoms with Crippen molar-refractivity contribution < 1.29 is 4.39 Å². The first-order chi connectivity index (χ1) is 8.52. The molecule has 0 heterocycles. The molecule has 100 valence electrons. The molecule has 18 heavy (non-hydrogen) atoms. The van der Waals surface area contributed by atoms with Crippen molar-refractivity contribution >= 4 is 5.69 Å². The predicted octanol–water partition coefficient (Wildman–Crippen LogP) is 3.51. The molecule has 1 unspecified atom stereocenters. The van der Waals surface area contributed by atoms with Crippen LogP contribution in [0.4, 0.5) is 10.1 Å². The topological polar surface area (TPSA) is 15.3 Å². The van der Waals surface area contributed by atoms with Crippen molar-refractivity contribution in [2.75, 3.05) is 18.5 Å². The predicted molar refractivity (Wildman–Crippen MR) is 76.6 cm³/mol. The van der Waals surface area contributed by atoms with E-state index in [4.69, 9.17) is 0 Å². The Morgan fingerprint density at radius 2 is 2.06 bits per heavy atom. The fourth-order valence-electron chi connectivity index (χ4n) is 2.04. The first kappa shape index (κ1) is 14.7. The standard InChI is InChI=1S/C15H23FN2/c1-6-10-18(11(2)3)15-13(12(4)17-5)8-7-9-14(15)16/h6-9,11-12,17H,1,10H2,2-5H3. The Hall–Kier alpha value is -1.35. The highest BCUT2D eigenvalue weighted by Gasteiger charge is 2.20. The van der Waals surface area contributed by atoms with Gasteiger partial charge in [0.15, 0.2) is 0 Å². The lowest BCUT2D eigenvalue weighted by atomic mass is 10.0. The van der Waals surface area contributed by atoms with E-state index in [0.29, 0.717) is 12.2 Å². The second kappa shape index (κ2) is 6.55. The fourth-order valence-corrected chi connectivity index (χ4v) is 2.04. The van der Waals surface area contributed by atoms with Crippen LogP contribution in [-0.2, 0) is 0 Å². The first-order valence-electron chi connectivity index (χ1n) is 6.36. The summed E-state index contributed by atoms with van der Waals surface area (Å²) in [5, 5.41) is 3.17. The number of nitrogens with zero attached hydrogens (tertiary/aromatic N) is 1. The molecule has 1 aromatic carbocycles. The van der Waals surface area contributed by atoms with Crippen molar-refractivity contribution in [2.24, 2.45) is 0 Å². The molecule has 0 radical (unpaired) electrons. The summed E-state index contributed by atoms with van der Waals surface area (Å²) in [4.78, 5) is 2.03. The number of hydrogen-bond acceptors (Lipinski definition) is 2. The van der Waals surface area contributed by atoms with Gasteiger partial charge in [0.25, 0.3) is 0 Å². The van der Waals surface area contributed by atoms with Gasteiger partial charge in [-0.25, -0.2) is 4.39 Å². The van der Waals surface area contributed by atoms with Gasteiger partial charge in [-0.3, -0.25) is 0 Å². The molecular formula is C15H23FN2. The van der Waals surface area contributed by atoms with Crippen LogP contribution in [0.3, 0.4) is 0 Å². The average Bonchev–Trinajstić information content (AvgIpc) is 2.35. The lowest BCUT2D eigenvalue weighted by Crippen LogP contribution is -2.33. The van der Waals surface area contributed by atoms with Crippen molar-refractivity contribution in [3.8, 4) is 0 Å². The molecule has 0 fully saturated rings. The van der Waals surface area contributed by atoms with Crippen LogP contribution in [0.5, 0.6) is 0 Å². The number of benzene rings is 1. The number of nitrogens with one attached hydrogen (secondary N) is 1. The zero-order valence-electron chi connectivity index (χ0n) is 11.7. The molecular weight excluding hydrogens is 227 g/mol. The normalized spacial score (nSPS) is 12.6. The van der Waals surface area contributed by atoms with Crippen LogP contribution in [0.15, 0.2) is 30.9 Å². The summed E-state index contributed by atoms with van der Waals surface area (Å²) in [5.41, 5.74) is 1.65. The van der Waals surface area contributed by atoms with Gasteiger partial charge >= 0.3 is 0 Å². The van der Waals surface area contributed by atoms with Gasteiger partial charge in [0.05, 0.1) is 5.69 Å². The van der Waals surface area contributed by atoms with E-state index in [1.807, 2.05) is 24.9 Å². The Bertz CT molecular complexity index is 401. The smallest absolute Gasteiger partial charge is 0.146 e. The van der Waals surface area contributed by atoms with Crippen molar-refractivity contribution in [3.63, 3.8) is 0 Å². The maximum atomic E-state index is 14.2. The lowest BCUT2D eigenvalue weighted by molar-refractivity contribution is 0.588. The van der Waals surface area contributed by atoms with Crippen molar-refractivity contribution in [1.82, 2.24) is 5.32 Å².